The number of methoxy groups -OCH3 is 1. The molecule has 0 bridgehead atoms. The largest absolute Gasteiger partial charge is 0.463 e. The second-order valence-electron chi connectivity index (χ2n) is 3.81. The average molecular weight is 259 g/mol. The van der Waals surface area contributed by atoms with Gasteiger partial charge in [0.15, 0.2) is 5.75 Å². The normalized spacial score (nSPS) is 10.0. The van der Waals surface area contributed by atoms with Crippen LogP contribution in [-0.4, -0.2) is 23.0 Å². The fourth-order valence-electron chi connectivity index (χ4n) is 1.51. The number of carbonyl (C=O) groups excluding carboxylic acids is 1. The Morgan fingerprint density at radius 3 is 2.79 bits per heavy atom. The molecule has 2 aromatic rings. The molecule has 0 spiro atoms. The minimum absolute atomic E-state index is 0.0628. The molecule has 0 fully saturated rings. The number of aromatic nitrogens is 2. The Morgan fingerprint density at radius 1 is 1.32 bits per heavy atom. The van der Waals surface area contributed by atoms with Gasteiger partial charge in [0.1, 0.15) is 0 Å². The molecule has 1 aromatic carbocycles. The van der Waals surface area contributed by atoms with Gasteiger partial charge in [0, 0.05) is 12.3 Å². The predicted octanol–water partition coefficient (Wildman–Crippen LogP) is 1.95. The van der Waals surface area contributed by atoms with Gasteiger partial charge >= 0.3 is 5.97 Å². The van der Waals surface area contributed by atoms with Crippen LogP contribution in [0.2, 0.25) is 0 Å². The van der Waals surface area contributed by atoms with Crippen LogP contribution in [0, 0.1) is 6.92 Å². The van der Waals surface area contributed by atoms with Crippen LogP contribution < -0.4 is 10.5 Å². The second-order valence-corrected chi connectivity index (χ2v) is 3.81. The number of ether oxygens (including phenoxy) is 2. The number of nitrogens with zero attached hydrogens (tertiary/aromatic N) is 2. The van der Waals surface area contributed by atoms with E-state index in [1.807, 2.05) is 19.1 Å². The van der Waals surface area contributed by atoms with E-state index in [2.05, 4.69) is 14.7 Å². The molecular weight excluding hydrogens is 246 g/mol. The van der Waals surface area contributed by atoms with Crippen molar-refractivity contribution >= 4 is 11.7 Å². The molecule has 2 rings (SSSR count). The summed E-state index contributed by atoms with van der Waals surface area (Å²) in [6.45, 7) is 1.87. The molecule has 0 aliphatic carbocycles. The van der Waals surface area contributed by atoms with Gasteiger partial charge in [0.25, 0.3) is 0 Å². The number of hydrogen-bond acceptors (Lipinski definition) is 6. The smallest absolute Gasteiger partial charge is 0.376 e. The lowest BCUT2D eigenvalue weighted by atomic mass is 10.2. The molecule has 98 valence electrons. The van der Waals surface area contributed by atoms with Gasteiger partial charge in [-0.1, -0.05) is 12.1 Å². The highest BCUT2D eigenvalue weighted by Gasteiger charge is 2.12. The van der Waals surface area contributed by atoms with Crippen molar-refractivity contribution in [2.75, 3.05) is 12.8 Å². The minimum Gasteiger partial charge on any atom is -0.463 e. The fraction of sp³-hybridized carbons (Fsp3) is 0.154. The highest BCUT2D eigenvalue weighted by atomic mass is 16.5. The van der Waals surface area contributed by atoms with Gasteiger partial charge in [-0.05, 0) is 18.6 Å². The van der Waals surface area contributed by atoms with E-state index in [0.29, 0.717) is 11.4 Å². The zero-order valence-electron chi connectivity index (χ0n) is 10.6. The van der Waals surface area contributed by atoms with Crippen LogP contribution in [0.15, 0.2) is 30.5 Å². The Kier molecular flexibility index (Phi) is 3.61. The van der Waals surface area contributed by atoms with Gasteiger partial charge < -0.3 is 15.2 Å². The quantitative estimate of drug-likeness (QED) is 0.669. The van der Waals surface area contributed by atoms with Gasteiger partial charge in [-0.3, -0.25) is 0 Å². The third-order valence-electron chi connectivity index (χ3n) is 2.45. The molecule has 0 atom stereocenters. The monoisotopic (exact) mass is 259 g/mol. The van der Waals surface area contributed by atoms with E-state index < -0.39 is 5.97 Å². The zero-order valence-corrected chi connectivity index (χ0v) is 10.6. The van der Waals surface area contributed by atoms with E-state index in [1.54, 1.807) is 12.1 Å². The van der Waals surface area contributed by atoms with E-state index in [-0.39, 0.29) is 11.7 Å². The summed E-state index contributed by atoms with van der Waals surface area (Å²) >= 11 is 0. The van der Waals surface area contributed by atoms with Crippen LogP contribution in [0.3, 0.4) is 0 Å². The first kappa shape index (κ1) is 12.8. The number of benzene rings is 1. The number of aryl methyl sites for hydroxylation is 1. The first-order chi connectivity index (χ1) is 9.11. The van der Waals surface area contributed by atoms with E-state index in [0.717, 1.165) is 5.56 Å². The summed E-state index contributed by atoms with van der Waals surface area (Å²) < 4.78 is 10.1. The number of esters is 1. The highest BCUT2D eigenvalue weighted by Crippen LogP contribution is 2.29. The van der Waals surface area contributed by atoms with E-state index in [9.17, 15) is 4.79 Å². The van der Waals surface area contributed by atoms with E-state index in [1.165, 1.54) is 13.3 Å². The summed E-state index contributed by atoms with van der Waals surface area (Å²) in [5.41, 5.74) is 7.20. The molecule has 1 heterocycles. The Balaban J connectivity index is 2.31. The van der Waals surface area contributed by atoms with Crippen molar-refractivity contribution in [1.82, 2.24) is 9.97 Å². The molecule has 6 nitrogen and oxygen atoms in total. The summed E-state index contributed by atoms with van der Waals surface area (Å²) in [5.74, 6) is 0.0591. The van der Waals surface area contributed by atoms with E-state index in [4.69, 9.17) is 10.5 Å². The lowest BCUT2D eigenvalue weighted by molar-refractivity contribution is 0.0585. The van der Waals surface area contributed by atoms with Gasteiger partial charge in [0.05, 0.1) is 12.8 Å². The standard InChI is InChI=1S/C13H13N3O3/c1-8-4-3-5-9(14)11(8)19-10-6-7-15-12(16-10)13(17)18-2/h3-7H,14H2,1-2H3. The maximum atomic E-state index is 11.3. The lowest BCUT2D eigenvalue weighted by Gasteiger charge is -2.10. The Bertz CT molecular complexity index is 594. The van der Waals surface area contributed by atoms with E-state index >= 15 is 0 Å². The van der Waals surface area contributed by atoms with Crippen molar-refractivity contribution in [2.24, 2.45) is 0 Å². The number of hydrogen-bond donors (Lipinski definition) is 1. The molecule has 0 radical (unpaired) electrons. The van der Waals surface area contributed by atoms with Crippen LogP contribution in [0.5, 0.6) is 11.6 Å². The number of nitrogen functional groups attached to an aromatic ring is 1. The first-order valence-electron chi connectivity index (χ1n) is 5.56. The summed E-state index contributed by atoms with van der Waals surface area (Å²) in [6.07, 6.45) is 1.42. The summed E-state index contributed by atoms with van der Waals surface area (Å²) in [4.78, 5) is 19.1. The maximum Gasteiger partial charge on any atom is 0.376 e. The summed E-state index contributed by atoms with van der Waals surface area (Å²) in [6, 6.07) is 6.97. The molecule has 1 aromatic heterocycles. The second kappa shape index (κ2) is 5.34. The Hall–Kier alpha value is -2.63. The minimum atomic E-state index is -0.622. The highest BCUT2D eigenvalue weighted by molar-refractivity contribution is 5.85. The SMILES string of the molecule is COC(=O)c1nccc(Oc2c(C)cccc2N)n1. The first-order valence-corrected chi connectivity index (χ1v) is 5.56. The molecule has 2 N–H and O–H groups in total. The summed E-state index contributed by atoms with van der Waals surface area (Å²) in [5, 5.41) is 0. The molecule has 0 amide bonds. The maximum absolute atomic E-state index is 11.3. The number of rotatable bonds is 3. The molecule has 6 heteroatoms. The number of anilines is 1. The molecule has 19 heavy (non-hydrogen) atoms. The lowest BCUT2D eigenvalue weighted by Crippen LogP contribution is -2.07. The van der Waals surface area contributed by atoms with Crippen molar-refractivity contribution in [3.63, 3.8) is 0 Å². The van der Waals surface area contributed by atoms with Crippen LogP contribution >= 0.6 is 0 Å². The fourth-order valence-corrected chi connectivity index (χ4v) is 1.51. The third-order valence-corrected chi connectivity index (χ3v) is 2.45. The third kappa shape index (κ3) is 2.79. The van der Waals surface area contributed by atoms with Gasteiger partial charge in [-0.2, -0.15) is 4.98 Å². The number of nitrogens with two attached hydrogens (primary N) is 1. The van der Waals surface area contributed by atoms with Gasteiger partial charge in [-0.15, -0.1) is 0 Å². The molecule has 0 saturated carbocycles. The van der Waals surface area contributed by atoms with Crippen LogP contribution in [0.4, 0.5) is 5.69 Å². The average Bonchev–Trinajstić information content (AvgIpc) is 2.42. The molecule has 0 aliphatic rings. The Labute approximate surface area is 110 Å². The van der Waals surface area contributed by atoms with Gasteiger partial charge in [0.2, 0.25) is 11.7 Å². The van der Waals surface area contributed by atoms with Crippen LogP contribution in [0.25, 0.3) is 0 Å². The van der Waals surface area contributed by atoms with Crippen molar-refractivity contribution in [3.05, 3.63) is 41.9 Å². The van der Waals surface area contributed by atoms with Gasteiger partial charge in [-0.25, -0.2) is 9.78 Å². The predicted molar refractivity (Wildman–Crippen MR) is 69.0 cm³/mol. The Morgan fingerprint density at radius 2 is 2.11 bits per heavy atom. The number of para-hydroxylation sites is 1. The topological polar surface area (TPSA) is 87.3 Å². The zero-order chi connectivity index (χ0) is 13.8. The van der Waals surface area contributed by atoms with Crippen molar-refractivity contribution < 1.29 is 14.3 Å². The molecule has 0 saturated heterocycles. The summed E-state index contributed by atoms with van der Waals surface area (Å²) in [7, 11) is 1.26. The van der Waals surface area contributed by atoms with Crippen LogP contribution in [0.1, 0.15) is 16.2 Å². The van der Waals surface area contributed by atoms with Crippen molar-refractivity contribution in [3.8, 4) is 11.6 Å². The molecule has 0 aliphatic heterocycles. The van der Waals surface area contributed by atoms with Crippen molar-refractivity contribution in [1.29, 1.82) is 0 Å². The number of carbonyl (C=O) groups is 1. The molecule has 0 unspecified atom stereocenters. The van der Waals surface area contributed by atoms with Crippen molar-refractivity contribution in [2.45, 2.75) is 6.92 Å². The molecular formula is C13H13N3O3. The van der Waals surface area contributed by atoms with Crippen LogP contribution in [-0.2, 0) is 4.74 Å².